The summed E-state index contributed by atoms with van der Waals surface area (Å²) in [5.41, 5.74) is 0.627. The second-order valence-electron chi connectivity index (χ2n) is 3.57. The minimum atomic E-state index is -0.468. The first-order valence-electron chi connectivity index (χ1n) is 4.92. The second-order valence-corrected chi connectivity index (χ2v) is 4.01. The number of carbonyl (C=O) groups excluding carboxylic acids is 1. The predicted molar refractivity (Wildman–Crippen MR) is 65.0 cm³/mol. The Balaban J connectivity index is 2.34. The molecule has 0 fully saturated rings. The van der Waals surface area contributed by atoms with Crippen molar-refractivity contribution in [1.29, 1.82) is 0 Å². The van der Waals surface area contributed by atoms with Crippen molar-refractivity contribution in [3.05, 3.63) is 29.3 Å². The van der Waals surface area contributed by atoms with Gasteiger partial charge in [0, 0.05) is 17.3 Å². The van der Waals surface area contributed by atoms with E-state index in [-0.39, 0.29) is 0 Å². The van der Waals surface area contributed by atoms with Crippen LogP contribution in [0.2, 0.25) is 5.02 Å². The number of benzene rings is 1. The molecule has 5 heteroatoms. The monoisotopic (exact) mass is 242 g/mol. The lowest BCUT2D eigenvalue weighted by molar-refractivity contribution is 0.151. The standard InChI is InChI=1S/C11H15ClN2O2/c1-14(2)6-7-16-11(15)13-10-5-3-4-9(12)8-10/h3-5,8H,6-7H2,1-2H3,(H,13,15). The van der Waals surface area contributed by atoms with Crippen molar-refractivity contribution in [1.82, 2.24) is 4.90 Å². The number of hydrogen-bond donors (Lipinski definition) is 1. The second kappa shape index (κ2) is 6.35. The molecule has 16 heavy (non-hydrogen) atoms. The lowest BCUT2D eigenvalue weighted by Gasteiger charge is -2.10. The molecule has 0 aliphatic heterocycles. The van der Waals surface area contributed by atoms with Crippen molar-refractivity contribution < 1.29 is 9.53 Å². The SMILES string of the molecule is CN(C)CCOC(=O)Nc1cccc(Cl)c1. The number of carbonyl (C=O) groups is 1. The van der Waals surface area contributed by atoms with Gasteiger partial charge in [-0.3, -0.25) is 5.32 Å². The smallest absolute Gasteiger partial charge is 0.411 e. The minimum absolute atomic E-state index is 0.361. The predicted octanol–water partition coefficient (Wildman–Crippen LogP) is 2.45. The summed E-state index contributed by atoms with van der Waals surface area (Å²) < 4.78 is 4.96. The van der Waals surface area contributed by atoms with Gasteiger partial charge in [-0.25, -0.2) is 4.79 Å². The molecule has 0 bridgehead atoms. The van der Waals surface area contributed by atoms with E-state index in [1.807, 2.05) is 19.0 Å². The average molecular weight is 243 g/mol. The molecule has 0 heterocycles. The van der Waals surface area contributed by atoms with Crippen LogP contribution < -0.4 is 5.32 Å². The maximum atomic E-state index is 11.3. The van der Waals surface area contributed by atoms with Gasteiger partial charge < -0.3 is 9.64 Å². The van der Waals surface area contributed by atoms with Gasteiger partial charge in [-0.2, -0.15) is 0 Å². The number of rotatable bonds is 4. The molecular weight excluding hydrogens is 228 g/mol. The van der Waals surface area contributed by atoms with Gasteiger partial charge in [0.05, 0.1) is 0 Å². The van der Waals surface area contributed by atoms with Crippen molar-refractivity contribution in [2.45, 2.75) is 0 Å². The number of nitrogens with one attached hydrogen (secondary N) is 1. The van der Waals surface area contributed by atoms with Gasteiger partial charge in [0.15, 0.2) is 0 Å². The molecule has 1 amide bonds. The van der Waals surface area contributed by atoms with Gasteiger partial charge >= 0.3 is 6.09 Å². The zero-order chi connectivity index (χ0) is 12.0. The highest BCUT2D eigenvalue weighted by molar-refractivity contribution is 6.30. The van der Waals surface area contributed by atoms with Crippen LogP contribution in [0.4, 0.5) is 10.5 Å². The van der Waals surface area contributed by atoms with E-state index in [4.69, 9.17) is 16.3 Å². The Labute approximate surface area is 100 Å². The molecule has 4 nitrogen and oxygen atoms in total. The first-order valence-corrected chi connectivity index (χ1v) is 5.30. The highest BCUT2D eigenvalue weighted by atomic mass is 35.5. The molecule has 88 valence electrons. The normalized spacial score (nSPS) is 10.2. The van der Waals surface area contributed by atoms with Crippen molar-refractivity contribution in [3.63, 3.8) is 0 Å². The number of ether oxygens (including phenoxy) is 1. The topological polar surface area (TPSA) is 41.6 Å². The molecule has 0 unspecified atom stereocenters. The van der Waals surface area contributed by atoms with Crippen LogP contribution in [0.15, 0.2) is 24.3 Å². The fraction of sp³-hybridized carbons (Fsp3) is 0.364. The van der Waals surface area contributed by atoms with Crippen molar-refractivity contribution >= 4 is 23.4 Å². The van der Waals surface area contributed by atoms with E-state index in [0.29, 0.717) is 23.9 Å². The Bertz CT molecular complexity index is 356. The Morgan fingerprint density at radius 1 is 1.50 bits per heavy atom. The molecule has 0 atom stereocenters. The van der Waals surface area contributed by atoms with Crippen LogP contribution in [0.5, 0.6) is 0 Å². The lowest BCUT2D eigenvalue weighted by Crippen LogP contribution is -2.22. The lowest BCUT2D eigenvalue weighted by atomic mass is 10.3. The van der Waals surface area contributed by atoms with Gasteiger partial charge in [0.25, 0.3) is 0 Å². The molecule has 0 saturated heterocycles. The first-order chi connectivity index (χ1) is 7.58. The summed E-state index contributed by atoms with van der Waals surface area (Å²) in [5.74, 6) is 0. The fourth-order valence-corrected chi connectivity index (χ4v) is 1.23. The number of hydrogen-bond acceptors (Lipinski definition) is 3. The summed E-state index contributed by atoms with van der Waals surface area (Å²) in [6, 6.07) is 6.91. The van der Waals surface area contributed by atoms with Gasteiger partial charge in [-0.1, -0.05) is 17.7 Å². The molecule has 0 aliphatic rings. The largest absolute Gasteiger partial charge is 0.448 e. The molecule has 0 spiro atoms. The number of halogens is 1. The zero-order valence-electron chi connectivity index (χ0n) is 9.37. The fourth-order valence-electron chi connectivity index (χ4n) is 1.04. The molecule has 0 aliphatic carbocycles. The molecule has 1 rings (SSSR count). The van der Waals surface area contributed by atoms with Crippen molar-refractivity contribution in [3.8, 4) is 0 Å². The quantitative estimate of drug-likeness (QED) is 0.882. The van der Waals surface area contributed by atoms with E-state index in [2.05, 4.69) is 5.32 Å². The average Bonchev–Trinajstić information content (AvgIpc) is 2.16. The summed E-state index contributed by atoms with van der Waals surface area (Å²) in [4.78, 5) is 13.2. The molecule has 0 radical (unpaired) electrons. The minimum Gasteiger partial charge on any atom is -0.448 e. The van der Waals surface area contributed by atoms with Crippen molar-refractivity contribution in [2.24, 2.45) is 0 Å². The van der Waals surface area contributed by atoms with E-state index in [0.717, 1.165) is 0 Å². The zero-order valence-corrected chi connectivity index (χ0v) is 10.1. The van der Waals surface area contributed by atoms with E-state index in [9.17, 15) is 4.79 Å². The van der Waals surface area contributed by atoms with Crippen LogP contribution in [0.25, 0.3) is 0 Å². The van der Waals surface area contributed by atoms with Gasteiger partial charge in [-0.05, 0) is 32.3 Å². The molecular formula is C11H15ClN2O2. The van der Waals surface area contributed by atoms with Crippen LogP contribution in [0.1, 0.15) is 0 Å². The molecule has 1 aromatic rings. The van der Waals surface area contributed by atoms with E-state index in [1.165, 1.54) is 0 Å². The van der Waals surface area contributed by atoms with Crippen LogP contribution >= 0.6 is 11.6 Å². The van der Waals surface area contributed by atoms with Gasteiger partial charge in [0.1, 0.15) is 6.61 Å². The Hall–Kier alpha value is -1.26. The van der Waals surface area contributed by atoms with E-state index in [1.54, 1.807) is 24.3 Å². The maximum Gasteiger partial charge on any atom is 0.411 e. The third kappa shape index (κ3) is 5.00. The summed E-state index contributed by atoms with van der Waals surface area (Å²) >= 11 is 5.78. The van der Waals surface area contributed by atoms with Crippen LogP contribution in [-0.4, -0.2) is 38.2 Å². The number of likely N-dealkylation sites (N-methyl/N-ethyl adjacent to an activating group) is 1. The highest BCUT2D eigenvalue weighted by Gasteiger charge is 2.03. The molecule has 0 saturated carbocycles. The number of amides is 1. The van der Waals surface area contributed by atoms with Crippen LogP contribution in [-0.2, 0) is 4.74 Å². The van der Waals surface area contributed by atoms with Crippen LogP contribution in [0, 0.1) is 0 Å². The first kappa shape index (κ1) is 12.8. The third-order valence-electron chi connectivity index (χ3n) is 1.84. The maximum absolute atomic E-state index is 11.3. The Kier molecular flexibility index (Phi) is 5.08. The molecule has 1 aromatic carbocycles. The number of anilines is 1. The third-order valence-corrected chi connectivity index (χ3v) is 2.08. The van der Waals surface area contributed by atoms with Crippen LogP contribution in [0.3, 0.4) is 0 Å². The summed E-state index contributed by atoms with van der Waals surface area (Å²) in [6.07, 6.45) is -0.468. The number of nitrogens with zero attached hydrogens (tertiary/aromatic N) is 1. The Morgan fingerprint density at radius 3 is 2.88 bits per heavy atom. The highest BCUT2D eigenvalue weighted by Crippen LogP contribution is 2.14. The summed E-state index contributed by atoms with van der Waals surface area (Å²) in [5, 5.41) is 3.17. The van der Waals surface area contributed by atoms with Gasteiger partial charge in [-0.15, -0.1) is 0 Å². The molecule has 1 N–H and O–H groups in total. The molecule has 0 aromatic heterocycles. The summed E-state index contributed by atoms with van der Waals surface area (Å²) in [7, 11) is 3.83. The van der Waals surface area contributed by atoms with E-state index >= 15 is 0 Å². The summed E-state index contributed by atoms with van der Waals surface area (Å²) in [6.45, 7) is 1.06. The van der Waals surface area contributed by atoms with E-state index < -0.39 is 6.09 Å². The van der Waals surface area contributed by atoms with Gasteiger partial charge in [0.2, 0.25) is 0 Å². The van der Waals surface area contributed by atoms with Crippen molar-refractivity contribution in [2.75, 3.05) is 32.6 Å². The Morgan fingerprint density at radius 2 is 2.25 bits per heavy atom.